The van der Waals surface area contributed by atoms with Crippen molar-refractivity contribution in [1.29, 1.82) is 5.26 Å². The first-order chi connectivity index (χ1) is 16.5. The monoisotopic (exact) mass is 462 g/mol. The molecule has 1 saturated heterocycles. The minimum atomic E-state index is -0.774. The number of rotatable bonds is 5. The summed E-state index contributed by atoms with van der Waals surface area (Å²) in [5, 5.41) is 20.4. The molecule has 0 spiro atoms. The van der Waals surface area contributed by atoms with Gasteiger partial charge in [-0.2, -0.15) is 10.4 Å². The lowest BCUT2D eigenvalue weighted by molar-refractivity contribution is -0.136. The number of nitriles is 1. The van der Waals surface area contributed by atoms with Crippen LogP contribution >= 0.6 is 0 Å². The molecular formula is C23H26N8O3. The van der Waals surface area contributed by atoms with Crippen molar-refractivity contribution >= 4 is 45.5 Å². The second kappa shape index (κ2) is 8.78. The highest BCUT2D eigenvalue weighted by Gasteiger charge is 2.33. The third kappa shape index (κ3) is 4.07. The minimum Gasteiger partial charge on any atom is -0.348 e. The molecule has 2 aliphatic rings. The number of fused-ring (bicyclic) bond motifs is 3. The van der Waals surface area contributed by atoms with E-state index in [1.165, 1.54) is 0 Å². The van der Waals surface area contributed by atoms with Crippen molar-refractivity contribution in [1.82, 2.24) is 30.0 Å². The Kier molecular flexibility index (Phi) is 5.65. The number of nitrogens with zero attached hydrogens (tertiary/aromatic N) is 5. The molecule has 0 radical (unpaired) electrons. The van der Waals surface area contributed by atoms with Crippen LogP contribution < -0.4 is 10.6 Å². The van der Waals surface area contributed by atoms with Gasteiger partial charge in [0.1, 0.15) is 12.1 Å². The number of hydrogen-bond donors (Lipinski definition) is 3. The molecule has 1 aliphatic heterocycles. The molecule has 2 atom stereocenters. The largest absolute Gasteiger partial charge is 0.348 e. The number of carbonyl (C=O) groups excluding carboxylic acids is 3. The summed E-state index contributed by atoms with van der Waals surface area (Å²) in [4.78, 5) is 46.5. The Morgan fingerprint density at radius 2 is 2.06 bits per heavy atom. The molecule has 1 saturated carbocycles. The Morgan fingerprint density at radius 1 is 1.24 bits per heavy atom. The summed E-state index contributed by atoms with van der Waals surface area (Å²) in [6.45, 7) is 3.59. The maximum absolute atomic E-state index is 12.6. The van der Waals surface area contributed by atoms with Gasteiger partial charge in [0.15, 0.2) is 5.82 Å². The number of pyridine rings is 1. The van der Waals surface area contributed by atoms with Crippen LogP contribution in [-0.2, 0) is 14.4 Å². The number of H-pyrrole nitrogens is 1. The Labute approximate surface area is 195 Å². The highest BCUT2D eigenvalue weighted by Crippen LogP contribution is 2.35. The number of carbonyl (C=O) groups is 3. The van der Waals surface area contributed by atoms with Gasteiger partial charge < -0.3 is 20.5 Å². The molecule has 0 bridgehead atoms. The normalized spacial score (nSPS) is 20.3. The predicted molar refractivity (Wildman–Crippen MR) is 123 cm³/mol. The third-order valence-corrected chi connectivity index (χ3v) is 6.75. The zero-order valence-corrected chi connectivity index (χ0v) is 18.9. The van der Waals surface area contributed by atoms with Crippen LogP contribution in [0, 0.1) is 23.2 Å². The van der Waals surface area contributed by atoms with Gasteiger partial charge in [0.25, 0.3) is 0 Å². The lowest BCUT2D eigenvalue weighted by Crippen LogP contribution is -2.44. The Morgan fingerprint density at radius 3 is 2.82 bits per heavy atom. The van der Waals surface area contributed by atoms with E-state index < -0.39 is 11.8 Å². The number of likely N-dealkylation sites (tertiary alicyclic amines) is 1. The molecule has 176 valence electrons. The van der Waals surface area contributed by atoms with Crippen LogP contribution in [0.15, 0.2) is 18.5 Å². The maximum Gasteiger partial charge on any atom is 0.314 e. The molecule has 11 heteroatoms. The molecule has 34 heavy (non-hydrogen) atoms. The summed E-state index contributed by atoms with van der Waals surface area (Å²) in [6, 6.07) is 3.65. The molecule has 11 nitrogen and oxygen atoms in total. The van der Waals surface area contributed by atoms with E-state index in [0.29, 0.717) is 36.6 Å². The fourth-order valence-electron chi connectivity index (χ4n) is 4.53. The first kappa shape index (κ1) is 21.9. The second-order valence-electron chi connectivity index (χ2n) is 9.17. The van der Waals surface area contributed by atoms with Gasteiger partial charge in [-0.3, -0.25) is 19.1 Å². The number of anilines is 1. The average Bonchev–Trinajstić information content (AvgIpc) is 3.41. The van der Waals surface area contributed by atoms with Crippen LogP contribution in [0.1, 0.15) is 38.6 Å². The number of piperidine rings is 1. The van der Waals surface area contributed by atoms with E-state index in [1.807, 2.05) is 16.8 Å². The van der Waals surface area contributed by atoms with Crippen molar-refractivity contribution in [2.24, 2.45) is 11.8 Å². The number of aromatic amines is 1. The molecule has 4 heterocycles. The maximum atomic E-state index is 12.6. The molecule has 3 aromatic heterocycles. The molecule has 3 N–H and O–H groups in total. The molecule has 0 unspecified atom stereocenters. The first-order valence-corrected chi connectivity index (χ1v) is 11.5. The van der Waals surface area contributed by atoms with Gasteiger partial charge in [0.05, 0.1) is 23.0 Å². The van der Waals surface area contributed by atoms with E-state index in [2.05, 4.69) is 27.5 Å². The van der Waals surface area contributed by atoms with Gasteiger partial charge in [-0.05, 0) is 37.2 Å². The van der Waals surface area contributed by atoms with Gasteiger partial charge in [0, 0.05) is 37.4 Å². The van der Waals surface area contributed by atoms with Gasteiger partial charge in [-0.25, -0.2) is 4.98 Å². The summed E-state index contributed by atoms with van der Waals surface area (Å²) in [6.07, 6.45) is 6.15. The van der Waals surface area contributed by atoms with Gasteiger partial charge in [-0.15, -0.1) is 0 Å². The van der Waals surface area contributed by atoms with E-state index in [4.69, 9.17) is 10.4 Å². The lowest BCUT2D eigenvalue weighted by atomic mass is 9.93. The Hall–Kier alpha value is -3.94. The fourth-order valence-corrected chi connectivity index (χ4v) is 4.53. The van der Waals surface area contributed by atoms with E-state index in [0.717, 1.165) is 30.2 Å². The SMILES string of the molecule is C[C@@H]1CCN(C(=O)CC#N)C[C@@H]1n1nc(NC(=O)C(=O)NCC2CC2)c2cnc3[nH]ccc3c21. The van der Waals surface area contributed by atoms with Crippen molar-refractivity contribution in [2.45, 2.75) is 38.6 Å². The molecule has 3 amide bonds. The van der Waals surface area contributed by atoms with Crippen molar-refractivity contribution in [2.75, 3.05) is 25.0 Å². The van der Waals surface area contributed by atoms with Gasteiger partial charge in [0.2, 0.25) is 5.91 Å². The number of amides is 3. The Bertz CT molecular complexity index is 1310. The zero-order chi connectivity index (χ0) is 23.8. The smallest absolute Gasteiger partial charge is 0.314 e. The minimum absolute atomic E-state index is 0.162. The molecule has 2 fully saturated rings. The van der Waals surface area contributed by atoms with Crippen LogP contribution in [0.2, 0.25) is 0 Å². The highest BCUT2D eigenvalue weighted by atomic mass is 16.2. The van der Waals surface area contributed by atoms with Crippen molar-refractivity contribution in [3.8, 4) is 6.07 Å². The van der Waals surface area contributed by atoms with E-state index >= 15 is 0 Å². The number of hydrogen-bond acceptors (Lipinski definition) is 6. The standard InChI is InChI=1S/C23H26N8O3/c1-13-6-9-30(18(32)4-7-24)12-17(13)31-19-15-5-8-25-20(15)26-11-16(19)21(29-31)28-23(34)22(33)27-10-14-2-3-14/h5,8,11,13-14,17H,2-4,6,9-10,12H2,1H3,(H,25,26)(H,27,33)(H,28,29,34)/t13-,17+/m1/s1. The summed E-state index contributed by atoms with van der Waals surface area (Å²) in [7, 11) is 0. The fraction of sp³-hybridized carbons (Fsp3) is 0.478. The quantitative estimate of drug-likeness (QED) is 0.492. The van der Waals surface area contributed by atoms with Gasteiger partial charge >= 0.3 is 11.8 Å². The zero-order valence-electron chi connectivity index (χ0n) is 18.9. The first-order valence-electron chi connectivity index (χ1n) is 11.5. The third-order valence-electron chi connectivity index (χ3n) is 6.75. The van der Waals surface area contributed by atoms with E-state index in [1.54, 1.807) is 17.3 Å². The summed E-state index contributed by atoms with van der Waals surface area (Å²) in [5.74, 6) is -0.757. The van der Waals surface area contributed by atoms with E-state index in [9.17, 15) is 14.4 Å². The van der Waals surface area contributed by atoms with Crippen LogP contribution in [-0.4, -0.2) is 62.0 Å². The number of nitrogens with one attached hydrogen (secondary N) is 3. The van der Waals surface area contributed by atoms with Gasteiger partial charge in [-0.1, -0.05) is 6.92 Å². The molecule has 5 rings (SSSR count). The second-order valence-corrected chi connectivity index (χ2v) is 9.17. The number of aromatic nitrogens is 4. The topological polar surface area (TPSA) is 149 Å². The van der Waals surface area contributed by atoms with Crippen LogP contribution in [0.3, 0.4) is 0 Å². The summed E-state index contributed by atoms with van der Waals surface area (Å²) in [5.41, 5.74) is 1.45. The average molecular weight is 463 g/mol. The van der Waals surface area contributed by atoms with Crippen LogP contribution in [0.4, 0.5) is 5.82 Å². The van der Waals surface area contributed by atoms with Crippen molar-refractivity contribution in [3.05, 3.63) is 18.5 Å². The lowest BCUT2D eigenvalue weighted by Gasteiger charge is -2.37. The van der Waals surface area contributed by atoms with E-state index in [-0.39, 0.29) is 30.1 Å². The Balaban J connectivity index is 1.50. The van der Waals surface area contributed by atoms with Crippen LogP contribution in [0.25, 0.3) is 21.9 Å². The molecule has 3 aromatic rings. The summed E-state index contributed by atoms with van der Waals surface area (Å²) < 4.78 is 1.83. The molecule has 0 aromatic carbocycles. The van der Waals surface area contributed by atoms with Crippen molar-refractivity contribution < 1.29 is 14.4 Å². The van der Waals surface area contributed by atoms with Crippen LogP contribution in [0.5, 0.6) is 0 Å². The summed E-state index contributed by atoms with van der Waals surface area (Å²) >= 11 is 0. The predicted octanol–water partition coefficient (Wildman–Crippen LogP) is 1.70. The van der Waals surface area contributed by atoms with Crippen molar-refractivity contribution in [3.63, 3.8) is 0 Å². The highest BCUT2D eigenvalue weighted by molar-refractivity contribution is 6.40. The molecule has 1 aliphatic carbocycles. The molecular weight excluding hydrogens is 436 g/mol.